The summed E-state index contributed by atoms with van der Waals surface area (Å²) in [6.45, 7) is 1.60. The normalized spacial score (nSPS) is 19.8. The van der Waals surface area contributed by atoms with Crippen LogP contribution in [0.5, 0.6) is 0 Å². The van der Waals surface area contributed by atoms with Crippen molar-refractivity contribution in [3.63, 3.8) is 0 Å². The third kappa shape index (κ3) is 3.13. The lowest BCUT2D eigenvalue weighted by atomic mass is 9.97. The molecule has 134 valence electrons. The molecule has 1 aromatic carbocycles. The summed E-state index contributed by atoms with van der Waals surface area (Å²) >= 11 is 0. The summed E-state index contributed by atoms with van der Waals surface area (Å²) in [5.41, 5.74) is 1.41. The average molecular weight is 353 g/mol. The first kappa shape index (κ1) is 16.5. The van der Waals surface area contributed by atoms with Crippen molar-refractivity contribution in [3.8, 4) is 11.5 Å². The molecule has 2 aromatic heterocycles. The van der Waals surface area contributed by atoms with Crippen LogP contribution in [-0.4, -0.2) is 47.8 Å². The van der Waals surface area contributed by atoms with E-state index in [9.17, 15) is 4.79 Å². The fraction of sp³-hybridized carbons (Fsp3) is 0.316. The van der Waals surface area contributed by atoms with Crippen LogP contribution in [-0.2, 0) is 4.74 Å². The smallest absolute Gasteiger partial charge is 0.257 e. The first-order valence-corrected chi connectivity index (χ1v) is 8.45. The van der Waals surface area contributed by atoms with Crippen LogP contribution in [0.4, 0.5) is 0 Å². The second-order valence-corrected chi connectivity index (χ2v) is 6.36. The van der Waals surface area contributed by atoms with Crippen molar-refractivity contribution in [2.75, 3.05) is 26.8 Å². The second-order valence-electron chi connectivity index (χ2n) is 6.36. The van der Waals surface area contributed by atoms with Gasteiger partial charge in [0.05, 0.1) is 24.4 Å². The van der Waals surface area contributed by atoms with Crippen LogP contribution in [0.2, 0.25) is 0 Å². The molecule has 1 saturated heterocycles. The maximum absolute atomic E-state index is 12.6. The fourth-order valence-electron chi connectivity index (χ4n) is 3.35. The number of likely N-dealkylation sites (tertiary alicyclic amines) is 1. The minimum Gasteiger partial charge on any atom is -0.472 e. The molecule has 2 atom stereocenters. The van der Waals surface area contributed by atoms with Gasteiger partial charge in [0.15, 0.2) is 0 Å². The molecule has 0 N–H and O–H groups in total. The average Bonchev–Trinajstić information content (AvgIpc) is 3.42. The van der Waals surface area contributed by atoms with Gasteiger partial charge in [-0.05, 0) is 18.2 Å². The molecule has 1 aliphatic heterocycles. The Morgan fingerprint density at radius 3 is 2.81 bits per heavy atom. The van der Waals surface area contributed by atoms with E-state index in [0.717, 1.165) is 5.56 Å². The largest absolute Gasteiger partial charge is 0.472 e. The summed E-state index contributed by atoms with van der Waals surface area (Å²) in [5.74, 6) is 0.991. The zero-order valence-corrected chi connectivity index (χ0v) is 14.4. The molecule has 7 nitrogen and oxygen atoms in total. The Hall–Kier alpha value is -2.93. The number of aromatic nitrogens is 2. The van der Waals surface area contributed by atoms with Gasteiger partial charge in [-0.15, -0.1) is 10.2 Å². The minimum atomic E-state index is -0.0647. The van der Waals surface area contributed by atoms with Crippen LogP contribution in [0.25, 0.3) is 11.5 Å². The van der Waals surface area contributed by atoms with Gasteiger partial charge in [0.25, 0.3) is 5.91 Å². The molecule has 26 heavy (non-hydrogen) atoms. The van der Waals surface area contributed by atoms with Crippen molar-refractivity contribution >= 4 is 5.91 Å². The van der Waals surface area contributed by atoms with Gasteiger partial charge in [-0.25, -0.2) is 0 Å². The van der Waals surface area contributed by atoms with Crippen molar-refractivity contribution in [2.45, 2.75) is 5.92 Å². The highest BCUT2D eigenvalue weighted by Crippen LogP contribution is 2.34. The maximum Gasteiger partial charge on any atom is 0.257 e. The summed E-state index contributed by atoms with van der Waals surface area (Å²) in [7, 11) is 1.65. The number of carbonyl (C=O) groups excluding carboxylic acids is 1. The van der Waals surface area contributed by atoms with E-state index in [4.69, 9.17) is 13.6 Å². The van der Waals surface area contributed by atoms with Crippen LogP contribution in [0.1, 0.15) is 22.2 Å². The number of ether oxygens (including phenoxy) is 1. The third-order valence-corrected chi connectivity index (χ3v) is 4.66. The number of amides is 1. The van der Waals surface area contributed by atoms with Gasteiger partial charge >= 0.3 is 0 Å². The number of rotatable bonds is 5. The Bertz CT molecular complexity index is 860. The van der Waals surface area contributed by atoms with Crippen molar-refractivity contribution in [2.24, 2.45) is 5.92 Å². The van der Waals surface area contributed by atoms with E-state index in [1.165, 1.54) is 12.5 Å². The second kappa shape index (κ2) is 7.13. The molecule has 0 spiro atoms. The van der Waals surface area contributed by atoms with Gasteiger partial charge in [0.2, 0.25) is 11.8 Å². The Balaban J connectivity index is 1.56. The van der Waals surface area contributed by atoms with Crippen molar-refractivity contribution < 1.29 is 18.4 Å². The highest BCUT2D eigenvalue weighted by Gasteiger charge is 2.39. The van der Waals surface area contributed by atoms with Crippen molar-refractivity contribution in [1.29, 1.82) is 0 Å². The molecule has 0 aliphatic carbocycles. The van der Waals surface area contributed by atoms with Gasteiger partial charge in [0.1, 0.15) is 6.26 Å². The number of hydrogen-bond donors (Lipinski definition) is 0. The van der Waals surface area contributed by atoms with Crippen molar-refractivity contribution in [1.82, 2.24) is 15.1 Å². The van der Waals surface area contributed by atoms with E-state index in [-0.39, 0.29) is 17.7 Å². The quantitative estimate of drug-likeness (QED) is 0.701. The molecule has 0 unspecified atom stereocenters. The molecule has 1 fully saturated rings. The van der Waals surface area contributed by atoms with E-state index in [2.05, 4.69) is 10.2 Å². The molecule has 4 rings (SSSR count). The van der Waals surface area contributed by atoms with Crippen LogP contribution < -0.4 is 0 Å². The lowest BCUT2D eigenvalue weighted by Crippen LogP contribution is -2.29. The summed E-state index contributed by atoms with van der Waals surface area (Å²) in [6, 6.07) is 11.3. The summed E-state index contributed by atoms with van der Waals surface area (Å²) in [5, 5.41) is 8.40. The zero-order valence-electron chi connectivity index (χ0n) is 14.4. The molecule has 3 aromatic rings. The summed E-state index contributed by atoms with van der Waals surface area (Å²) in [4.78, 5) is 14.4. The number of methoxy groups -OCH3 is 1. The monoisotopic (exact) mass is 353 g/mol. The topological polar surface area (TPSA) is 81.6 Å². The predicted octanol–water partition coefficient (Wildman–Crippen LogP) is 2.83. The maximum atomic E-state index is 12.6. The Morgan fingerprint density at radius 2 is 2.08 bits per heavy atom. The van der Waals surface area contributed by atoms with Crippen molar-refractivity contribution in [3.05, 3.63) is 60.4 Å². The van der Waals surface area contributed by atoms with Gasteiger partial charge in [-0.2, -0.15) is 0 Å². The van der Waals surface area contributed by atoms with Crippen LogP contribution in [0.15, 0.2) is 57.8 Å². The van der Waals surface area contributed by atoms with Gasteiger partial charge in [-0.3, -0.25) is 4.79 Å². The first-order valence-electron chi connectivity index (χ1n) is 8.45. The Kier molecular flexibility index (Phi) is 4.53. The number of nitrogens with zero attached hydrogens (tertiary/aromatic N) is 3. The number of carbonyl (C=O) groups is 1. The standard InChI is InChI=1S/C19H19N3O4/c1-24-11-15-9-22(19(23)14-7-8-25-12-14)10-16(15)18-21-20-17(26-18)13-5-3-2-4-6-13/h2-8,12,15-16H,9-11H2,1H3/t15-,16+/m0/s1. The van der Waals surface area contributed by atoms with E-state index >= 15 is 0 Å². The van der Waals surface area contributed by atoms with E-state index < -0.39 is 0 Å². The number of hydrogen-bond acceptors (Lipinski definition) is 6. The Labute approximate surface area is 150 Å². The molecular formula is C19H19N3O4. The predicted molar refractivity (Wildman–Crippen MR) is 92.5 cm³/mol. The number of benzene rings is 1. The molecule has 7 heteroatoms. The van der Waals surface area contributed by atoms with Crippen LogP contribution in [0, 0.1) is 5.92 Å². The lowest BCUT2D eigenvalue weighted by molar-refractivity contribution is 0.0774. The molecule has 1 aliphatic rings. The molecule has 0 radical (unpaired) electrons. The molecular weight excluding hydrogens is 334 g/mol. The molecule has 1 amide bonds. The molecule has 0 bridgehead atoms. The molecule has 0 saturated carbocycles. The van der Waals surface area contributed by atoms with Gasteiger partial charge in [-0.1, -0.05) is 18.2 Å². The zero-order chi connectivity index (χ0) is 17.9. The van der Waals surface area contributed by atoms with Gasteiger partial charge in [0, 0.05) is 31.7 Å². The summed E-state index contributed by atoms with van der Waals surface area (Å²) in [6.07, 6.45) is 2.96. The third-order valence-electron chi connectivity index (χ3n) is 4.66. The lowest BCUT2D eigenvalue weighted by Gasteiger charge is -2.14. The van der Waals surface area contributed by atoms with Crippen LogP contribution >= 0.6 is 0 Å². The highest BCUT2D eigenvalue weighted by molar-refractivity contribution is 5.94. The van der Waals surface area contributed by atoms with E-state index in [1.54, 1.807) is 18.1 Å². The van der Waals surface area contributed by atoms with Gasteiger partial charge < -0.3 is 18.5 Å². The minimum absolute atomic E-state index is 0.0595. The van der Waals surface area contributed by atoms with Crippen LogP contribution in [0.3, 0.4) is 0 Å². The molecule has 3 heterocycles. The fourth-order valence-corrected chi connectivity index (χ4v) is 3.35. The first-order chi connectivity index (χ1) is 12.8. The number of furan rings is 1. The summed E-state index contributed by atoms with van der Waals surface area (Å²) < 4.78 is 16.3. The van der Waals surface area contributed by atoms with E-state index in [0.29, 0.717) is 37.0 Å². The SMILES string of the molecule is COC[C@@H]1CN(C(=O)c2ccoc2)C[C@H]1c1nnc(-c2ccccc2)o1. The van der Waals surface area contributed by atoms with E-state index in [1.807, 2.05) is 30.3 Å². The Morgan fingerprint density at radius 1 is 1.23 bits per heavy atom. The highest BCUT2D eigenvalue weighted by atomic mass is 16.5.